The first-order valence-corrected chi connectivity index (χ1v) is 12.1. The molecule has 0 saturated heterocycles. The highest BCUT2D eigenvalue weighted by Crippen LogP contribution is 2.28. The van der Waals surface area contributed by atoms with Crippen molar-refractivity contribution >= 4 is 46.4 Å². The summed E-state index contributed by atoms with van der Waals surface area (Å²) in [5.41, 5.74) is 4.29. The normalized spacial score (nSPS) is 11.7. The first-order valence-electron chi connectivity index (χ1n) is 10.3. The fourth-order valence-electron chi connectivity index (χ4n) is 3.32. The van der Waals surface area contributed by atoms with Crippen LogP contribution in [0.25, 0.3) is 16.9 Å². The van der Waals surface area contributed by atoms with Crippen LogP contribution in [0, 0.1) is 6.92 Å². The van der Waals surface area contributed by atoms with Gasteiger partial charge in [0, 0.05) is 35.9 Å². The number of nitrogens with one attached hydrogen (secondary N) is 2. The van der Waals surface area contributed by atoms with Gasteiger partial charge in [0.2, 0.25) is 10.0 Å². The topological polar surface area (TPSA) is 88.4 Å². The average molecular weight is 468 g/mol. The van der Waals surface area contributed by atoms with Crippen molar-refractivity contribution in [1.82, 2.24) is 19.3 Å². The van der Waals surface area contributed by atoms with Crippen LogP contribution in [-0.2, 0) is 10.0 Å². The number of halogens is 1. The zero-order chi connectivity index (χ0) is 22.7. The van der Waals surface area contributed by atoms with E-state index >= 15 is 0 Å². The number of rotatable bonds is 8. The minimum absolute atomic E-state index is 0.267. The average Bonchev–Trinajstić information content (AvgIpc) is 3.15. The summed E-state index contributed by atoms with van der Waals surface area (Å²) >= 11 is 6.38. The molecule has 0 radical (unpaired) electrons. The molecule has 0 amide bonds. The first kappa shape index (κ1) is 22.3. The molecule has 0 aliphatic carbocycles. The Balaban J connectivity index is 1.45. The highest BCUT2D eigenvalue weighted by molar-refractivity contribution is 7.89. The van der Waals surface area contributed by atoms with Crippen molar-refractivity contribution in [3.8, 4) is 11.3 Å². The van der Waals surface area contributed by atoms with Gasteiger partial charge in [-0.25, -0.2) is 18.1 Å². The summed E-state index contributed by atoms with van der Waals surface area (Å²) < 4.78 is 29.2. The van der Waals surface area contributed by atoms with Gasteiger partial charge in [-0.05, 0) is 37.0 Å². The van der Waals surface area contributed by atoms with E-state index in [-0.39, 0.29) is 4.90 Å². The Morgan fingerprint density at radius 1 is 1.09 bits per heavy atom. The number of anilines is 1. The third kappa shape index (κ3) is 4.80. The van der Waals surface area contributed by atoms with E-state index in [9.17, 15) is 8.42 Å². The lowest BCUT2D eigenvalue weighted by Crippen LogP contribution is -2.26. The molecule has 0 aliphatic rings. The second kappa shape index (κ2) is 9.32. The Bertz CT molecular complexity index is 1360. The number of aromatic nitrogens is 3. The molecule has 0 spiro atoms. The van der Waals surface area contributed by atoms with Gasteiger partial charge >= 0.3 is 0 Å². The van der Waals surface area contributed by atoms with Crippen molar-refractivity contribution in [3.05, 3.63) is 71.4 Å². The van der Waals surface area contributed by atoms with Gasteiger partial charge in [-0.3, -0.25) is 0 Å². The van der Waals surface area contributed by atoms with E-state index in [1.54, 1.807) is 35.0 Å². The molecule has 0 fully saturated rings. The smallest absolute Gasteiger partial charge is 0.240 e. The highest BCUT2D eigenvalue weighted by atomic mass is 35.5. The van der Waals surface area contributed by atoms with Crippen LogP contribution in [0.2, 0.25) is 5.02 Å². The Hall–Kier alpha value is -2.88. The van der Waals surface area contributed by atoms with E-state index in [4.69, 9.17) is 16.6 Å². The number of hydrogen-bond acceptors (Lipinski definition) is 5. The molecule has 0 aliphatic heterocycles. The molecular weight excluding hydrogens is 445 g/mol. The second-order valence-electron chi connectivity index (χ2n) is 7.56. The van der Waals surface area contributed by atoms with Crippen LogP contribution < -0.4 is 15.5 Å². The molecular formula is C22H23BClN5O2S. The number of sulfonamides is 1. The van der Waals surface area contributed by atoms with Gasteiger partial charge < -0.3 is 5.32 Å². The van der Waals surface area contributed by atoms with E-state index < -0.39 is 10.0 Å². The van der Waals surface area contributed by atoms with Crippen LogP contribution >= 0.6 is 11.6 Å². The van der Waals surface area contributed by atoms with Crippen molar-refractivity contribution in [3.63, 3.8) is 0 Å². The maximum atomic E-state index is 12.4. The van der Waals surface area contributed by atoms with Crippen molar-refractivity contribution in [1.29, 1.82) is 0 Å². The lowest BCUT2D eigenvalue weighted by atomic mass is 10.0. The molecule has 0 unspecified atom stereocenters. The highest BCUT2D eigenvalue weighted by Gasteiger charge is 2.14. The summed E-state index contributed by atoms with van der Waals surface area (Å²) in [6.07, 6.45) is 2.36. The summed E-state index contributed by atoms with van der Waals surface area (Å²) in [5.74, 6) is 0.763. The van der Waals surface area contributed by atoms with Gasteiger partial charge in [-0.2, -0.15) is 9.61 Å². The van der Waals surface area contributed by atoms with Crippen LogP contribution in [0.5, 0.6) is 0 Å². The summed E-state index contributed by atoms with van der Waals surface area (Å²) in [6.45, 7) is 2.78. The standard InChI is InChI=1S/C22H23BClN5O2S/c1-15-7-9-16(10-8-15)32(30,31)27-12-4-11-25-21-13-20(17-5-2-3-6-19(17)24)28-22-18(23)14-26-29(21)22/h2-3,5-10,13-14,25,27H,4,11-12,23H2,1H3. The van der Waals surface area contributed by atoms with Gasteiger partial charge in [0.25, 0.3) is 0 Å². The lowest BCUT2D eigenvalue weighted by Gasteiger charge is -2.12. The number of hydrogen-bond donors (Lipinski definition) is 2. The van der Waals surface area contributed by atoms with Crippen molar-refractivity contribution in [2.24, 2.45) is 0 Å². The van der Waals surface area contributed by atoms with Crippen molar-refractivity contribution in [2.75, 3.05) is 18.4 Å². The predicted octanol–water partition coefficient (Wildman–Crippen LogP) is 2.40. The third-order valence-corrected chi connectivity index (χ3v) is 6.89. The predicted molar refractivity (Wildman–Crippen MR) is 131 cm³/mol. The molecule has 0 atom stereocenters. The van der Waals surface area contributed by atoms with E-state index in [1.165, 1.54) is 0 Å². The Morgan fingerprint density at radius 3 is 2.59 bits per heavy atom. The summed E-state index contributed by atoms with van der Waals surface area (Å²) in [5, 5.41) is 8.38. The minimum atomic E-state index is -3.52. The summed E-state index contributed by atoms with van der Waals surface area (Å²) in [4.78, 5) is 4.99. The fraction of sp³-hybridized carbons (Fsp3) is 0.182. The molecule has 2 heterocycles. The lowest BCUT2D eigenvalue weighted by molar-refractivity contribution is 0.580. The maximum absolute atomic E-state index is 12.4. The Labute approximate surface area is 193 Å². The Kier molecular flexibility index (Phi) is 6.50. The molecule has 0 saturated carbocycles. The van der Waals surface area contributed by atoms with Crippen molar-refractivity contribution in [2.45, 2.75) is 18.2 Å². The zero-order valence-electron chi connectivity index (χ0n) is 17.8. The minimum Gasteiger partial charge on any atom is -0.370 e. The fourth-order valence-corrected chi connectivity index (χ4v) is 4.62. The van der Waals surface area contributed by atoms with Gasteiger partial charge in [0.15, 0.2) is 5.65 Å². The van der Waals surface area contributed by atoms with Gasteiger partial charge in [-0.15, -0.1) is 0 Å². The molecule has 32 heavy (non-hydrogen) atoms. The van der Waals surface area contributed by atoms with E-state index in [0.29, 0.717) is 24.5 Å². The van der Waals surface area contributed by atoms with Crippen LogP contribution in [0.4, 0.5) is 5.82 Å². The first-order chi connectivity index (χ1) is 15.3. The molecule has 4 aromatic rings. The van der Waals surface area contributed by atoms with Crippen LogP contribution in [0.3, 0.4) is 0 Å². The maximum Gasteiger partial charge on any atom is 0.240 e. The van der Waals surface area contributed by atoms with Crippen LogP contribution in [0.1, 0.15) is 12.0 Å². The molecule has 7 nitrogen and oxygen atoms in total. The molecule has 2 aromatic heterocycles. The monoisotopic (exact) mass is 467 g/mol. The summed E-state index contributed by atoms with van der Waals surface area (Å²) in [7, 11) is -1.57. The molecule has 164 valence electrons. The van der Waals surface area contributed by atoms with Crippen LogP contribution in [-0.4, -0.2) is 44.0 Å². The molecule has 0 bridgehead atoms. The zero-order valence-corrected chi connectivity index (χ0v) is 19.4. The van der Waals surface area contributed by atoms with Gasteiger partial charge in [0.05, 0.1) is 10.6 Å². The SMILES string of the molecule is Bc1cnn2c(NCCCNS(=O)(=O)c3ccc(C)cc3)cc(-c3ccccc3Cl)nc12. The number of aryl methyl sites for hydroxylation is 1. The van der Waals surface area contributed by atoms with E-state index in [0.717, 1.165) is 33.7 Å². The number of benzene rings is 2. The quantitative estimate of drug-likeness (QED) is 0.307. The number of nitrogens with zero attached hydrogens (tertiary/aromatic N) is 3. The molecule has 10 heteroatoms. The molecule has 2 aromatic carbocycles. The number of fused-ring (bicyclic) bond motifs is 1. The van der Waals surface area contributed by atoms with E-state index in [1.807, 2.05) is 45.1 Å². The molecule has 4 rings (SSSR count). The van der Waals surface area contributed by atoms with Crippen LogP contribution in [0.15, 0.2) is 65.7 Å². The van der Waals surface area contributed by atoms with Crippen molar-refractivity contribution < 1.29 is 8.42 Å². The Morgan fingerprint density at radius 2 is 1.84 bits per heavy atom. The second-order valence-corrected chi connectivity index (χ2v) is 9.73. The van der Waals surface area contributed by atoms with Gasteiger partial charge in [0.1, 0.15) is 13.7 Å². The van der Waals surface area contributed by atoms with Gasteiger partial charge in [-0.1, -0.05) is 47.5 Å². The summed E-state index contributed by atoms with van der Waals surface area (Å²) in [6, 6.07) is 16.3. The largest absolute Gasteiger partial charge is 0.370 e. The van der Waals surface area contributed by atoms with E-state index in [2.05, 4.69) is 15.1 Å². The molecule has 2 N–H and O–H groups in total. The third-order valence-electron chi connectivity index (χ3n) is 5.08.